The van der Waals surface area contributed by atoms with Gasteiger partial charge in [-0.15, -0.1) is 21.5 Å². The fourth-order valence-electron chi connectivity index (χ4n) is 1.75. The summed E-state index contributed by atoms with van der Waals surface area (Å²) in [6.07, 6.45) is 0.633. The first-order valence-corrected chi connectivity index (χ1v) is 10.1. The highest BCUT2D eigenvalue weighted by atomic mass is 35.5. The van der Waals surface area contributed by atoms with Crippen LogP contribution in [0.1, 0.15) is 40.3 Å². The van der Waals surface area contributed by atoms with Crippen LogP contribution in [-0.4, -0.2) is 38.1 Å². The number of aromatic nitrogens is 3. The lowest BCUT2D eigenvalue weighted by Crippen LogP contribution is -2.36. The number of ether oxygens (including phenoxy) is 2. The summed E-state index contributed by atoms with van der Waals surface area (Å²) in [4.78, 5) is 16.9. The van der Waals surface area contributed by atoms with Crippen LogP contribution in [0.25, 0.3) is 0 Å². The Hall–Kier alpha value is -1.38. The van der Waals surface area contributed by atoms with Crippen LogP contribution in [0.15, 0.2) is 21.9 Å². The predicted octanol–water partition coefficient (Wildman–Crippen LogP) is 4.42. The zero-order chi connectivity index (χ0) is 19.4. The number of hydrogen-bond donors (Lipinski definition) is 0. The minimum atomic E-state index is -0.711. The Labute approximate surface area is 166 Å². The molecule has 0 N–H and O–H groups in total. The van der Waals surface area contributed by atoms with Gasteiger partial charge in [0.1, 0.15) is 10.3 Å². The van der Waals surface area contributed by atoms with E-state index in [1.165, 1.54) is 23.1 Å². The highest BCUT2D eigenvalue weighted by Gasteiger charge is 2.34. The Balaban J connectivity index is 1.86. The summed E-state index contributed by atoms with van der Waals surface area (Å²) < 4.78 is 11.1. The molecule has 0 aliphatic rings. The molecule has 6 nitrogen and oxygen atoms in total. The van der Waals surface area contributed by atoms with Crippen LogP contribution < -0.4 is 4.74 Å². The molecule has 0 bridgehead atoms. The van der Waals surface area contributed by atoms with Crippen LogP contribution in [0, 0.1) is 0 Å². The maximum absolute atomic E-state index is 12.3. The molecule has 0 radical (unpaired) electrons. The third-order valence-electron chi connectivity index (χ3n) is 2.98. The summed E-state index contributed by atoms with van der Waals surface area (Å²) >= 11 is 8.59. The third kappa shape index (κ3) is 6.74. The number of rotatable bonds is 7. The molecule has 9 heteroatoms. The van der Waals surface area contributed by atoms with Crippen LogP contribution >= 0.6 is 34.7 Å². The van der Waals surface area contributed by atoms with E-state index in [2.05, 4.69) is 15.2 Å². The Morgan fingerprint density at radius 1 is 1.23 bits per heavy atom. The number of nitrogens with zero attached hydrogens (tertiary/aromatic N) is 3. The first-order chi connectivity index (χ1) is 12.0. The molecule has 26 heavy (non-hydrogen) atoms. The molecular weight excluding hydrogens is 394 g/mol. The van der Waals surface area contributed by atoms with Gasteiger partial charge in [0.25, 0.3) is 0 Å². The molecule has 0 atom stereocenters. The number of thiazole rings is 1. The van der Waals surface area contributed by atoms with Crippen molar-refractivity contribution in [2.24, 2.45) is 0 Å². The number of carbonyl (C=O) groups is 1. The zero-order valence-corrected chi connectivity index (χ0v) is 17.8. The van der Waals surface area contributed by atoms with Crippen molar-refractivity contribution in [2.45, 2.75) is 55.7 Å². The van der Waals surface area contributed by atoms with E-state index >= 15 is 0 Å². The topological polar surface area (TPSA) is 74.2 Å². The van der Waals surface area contributed by atoms with Crippen molar-refractivity contribution in [3.05, 3.63) is 28.4 Å². The first kappa shape index (κ1) is 20.9. The van der Waals surface area contributed by atoms with Gasteiger partial charge in [-0.1, -0.05) is 23.4 Å². The highest BCUT2D eigenvalue weighted by molar-refractivity contribution is 8.03. The van der Waals surface area contributed by atoms with Gasteiger partial charge in [0.2, 0.25) is 5.88 Å². The molecule has 2 aromatic heterocycles. The van der Waals surface area contributed by atoms with E-state index in [9.17, 15) is 4.79 Å². The molecule has 2 heterocycles. The Bertz CT molecular complexity index is 742. The average Bonchev–Trinajstić information content (AvgIpc) is 2.94. The molecule has 0 aliphatic heterocycles. The van der Waals surface area contributed by atoms with E-state index in [0.29, 0.717) is 24.1 Å². The second-order valence-electron chi connectivity index (χ2n) is 7.01. The van der Waals surface area contributed by atoms with Crippen molar-refractivity contribution in [1.29, 1.82) is 0 Å². The molecule has 2 aromatic rings. The van der Waals surface area contributed by atoms with Crippen molar-refractivity contribution in [1.82, 2.24) is 15.2 Å². The van der Waals surface area contributed by atoms with Gasteiger partial charge in [0.05, 0.1) is 12.3 Å². The molecule has 0 saturated heterocycles. The minimum absolute atomic E-state index is 0.253. The Morgan fingerprint density at radius 3 is 2.58 bits per heavy atom. The molecule has 0 amide bonds. The van der Waals surface area contributed by atoms with Crippen molar-refractivity contribution in [3.63, 3.8) is 0 Å². The summed E-state index contributed by atoms with van der Waals surface area (Å²) in [5.41, 5.74) is 0.393. The lowest BCUT2D eigenvalue weighted by molar-refractivity contribution is -0.156. The summed E-state index contributed by atoms with van der Waals surface area (Å²) in [5.74, 6) is 0.168. The third-order valence-corrected chi connectivity index (χ3v) is 5.35. The van der Waals surface area contributed by atoms with Gasteiger partial charge < -0.3 is 9.47 Å². The van der Waals surface area contributed by atoms with Crippen LogP contribution in [0.5, 0.6) is 5.88 Å². The predicted molar refractivity (Wildman–Crippen MR) is 104 cm³/mol. The smallest absolute Gasteiger partial charge is 0.322 e. The lowest BCUT2D eigenvalue weighted by Gasteiger charge is -2.27. The van der Waals surface area contributed by atoms with Gasteiger partial charge in [-0.05, 0) is 40.7 Å². The van der Waals surface area contributed by atoms with E-state index in [-0.39, 0.29) is 5.97 Å². The normalized spacial score (nSPS) is 12.1. The average molecular weight is 416 g/mol. The monoisotopic (exact) mass is 415 g/mol. The van der Waals surface area contributed by atoms with E-state index in [1.807, 2.05) is 40.0 Å². The first-order valence-electron chi connectivity index (χ1n) is 8.04. The van der Waals surface area contributed by atoms with Crippen LogP contribution in [-0.2, 0) is 16.0 Å². The highest BCUT2D eigenvalue weighted by Crippen LogP contribution is 2.36. The van der Waals surface area contributed by atoms with E-state index < -0.39 is 10.3 Å². The molecule has 0 spiro atoms. The van der Waals surface area contributed by atoms with Crippen molar-refractivity contribution in [2.75, 3.05) is 6.61 Å². The molecule has 0 aliphatic carbocycles. The summed E-state index contributed by atoms with van der Waals surface area (Å²) in [7, 11) is 0. The summed E-state index contributed by atoms with van der Waals surface area (Å²) in [6, 6.07) is 3.29. The van der Waals surface area contributed by atoms with Crippen LogP contribution in [0.4, 0.5) is 0 Å². The van der Waals surface area contributed by atoms with Crippen molar-refractivity contribution in [3.8, 4) is 5.88 Å². The number of halogens is 1. The van der Waals surface area contributed by atoms with E-state index in [1.54, 1.807) is 12.1 Å². The SMILES string of the molecule is CC(C)(C)OC(=O)C(C)(C)Sc1nc(CCOc2ccc(Cl)nn2)cs1. The molecule has 2 rings (SSSR count). The maximum atomic E-state index is 12.3. The van der Waals surface area contributed by atoms with E-state index in [0.717, 1.165) is 10.0 Å². The number of carbonyl (C=O) groups excluding carboxylic acids is 1. The fraction of sp³-hybridized carbons (Fsp3) is 0.529. The summed E-state index contributed by atoms with van der Waals surface area (Å²) in [6.45, 7) is 9.69. The molecule has 0 aromatic carbocycles. The molecular formula is C17H22ClN3O3S2. The minimum Gasteiger partial charge on any atom is -0.476 e. The van der Waals surface area contributed by atoms with Gasteiger partial charge in [-0.2, -0.15) is 0 Å². The van der Waals surface area contributed by atoms with Crippen molar-refractivity contribution >= 4 is 40.7 Å². The van der Waals surface area contributed by atoms with Gasteiger partial charge in [-0.25, -0.2) is 4.98 Å². The second kappa shape index (κ2) is 8.54. The van der Waals surface area contributed by atoms with Crippen LogP contribution in [0.2, 0.25) is 5.15 Å². The van der Waals surface area contributed by atoms with Gasteiger partial charge in [0.15, 0.2) is 9.49 Å². The molecule has 0 unspecified atom stereocenters. The summed E-state index contributed by atoms with van der Waals surface area (Å²) in [5, 5.41) is 9.84. The Morgan fingerprint density at radius 2 is 1.96 bits per heavy atom. The Kier molecular flexibility index (Phi) is 6.87. The number of esters is 1. The van der Waals surface area contributed by atoms with Gasteiger partial charge >= 0.3 is 5.97 Å². The molecule has 142 valence electrons. The van der Waals surface area contributed by atoms with Crippen molar-refractivity contribution < 1.29 is 14.3 Å². The van der Waals surface area contributed by atoms with Gasteiger partial charge in [0, 0.05) is 17.9 Å². The number of thioether (sulfide) groups is 1. The van der Waals surface area contributed by atoms with Crippen LogP contribution in [0.3, 0.4) is 0 Å². The zero-order valence-electron chi connectivity index (χ0n) is 15.4. The lowest BCUT2D eigenvalue weighted by atomic mass is 10.1. The standard InChI is InChI=1S/C17H22ClN3O3S2/c1-16(2,3)24-14(22)17(4,5)26-15-19-11(10-25-15)8-9-23-13-7-6-12(18)20-21-13/h6-7,10H,8-9H2,1-5H3. The van der Waals surface area contributed by atoms with Gasteiger partial charge in [-0.3, -0.25) is 4.79 Å². The molecule has 0 saturated carbocycles. The quantitative estimate of drug-likeness (QED) is 0.489. The second-order valence-corrected chi connectivity index (χ2v) is 10.1. The largest absolute Gasteiger partial charge is 0.476 e. The maximum Gasteiger partial charge on any atom is 0.322 e. The molecule has 0 fully saturated rings. The number of hydrogen-bond acceptors (Lipinski definition) is 8. The van der Waals surface area contributed by atoms with E-state index in [4.69, 9.17) is 21.1 Å². The fourth-order valence-corrected chi connectivity index (χ4v) is 4.12.